The van der Waals surface area contributed by atoms with E-state index in [9.17, 15) is 18.8 Å². The molecular formula is C12H11BFNO5. The summed E-state index contributed by atoms with van der Waals surface area (Å²) < 4.78 is 24.2. The van der Waals surface area contributed by atoms with Gasteiger partial charge in [-0.05, 0) is 11.5 Å². The number of carbonyl (C=O) groups is 3. The van der Waals surface area contributed by atoms with Gasteiger partial charge in [-0.1, -0.05) is 12.1 Å². The third kappa shape index (κ3) is 1.51. The molecule has 0 spiro atoms. The molecule has 1 aromatic rings. The summed E-state index contributed by atoms with van der Waals surface area (Å²) in [6.07, 6.45) is 0.388. The first-order valence-electron chi connectivity index (χ1n) is 6.07. The Morgan fingerprint density at radius 3 is 2.35 bits per heavy atom. The molecule has 0 N–H and O–H groups in total. The van der Waals surface area contributed by atoms with Gasteiger partial charge in [0, 0.05) is 12.6 Å². The number of hydrogen-bond donors (Lipinski definition) is 0. The molecule has 8 heteroatoms. The number of fused-ring (bicyclic) bond motifs is 1. The van der Waals surface area contributed by atoms with E-state index >= 15 is 0 Å². The molecule has 20 heavy (non-hydrogen) atoms. The average Bonchev–Trinajstić information content (AvgIpc) is 2.73. The SMILES string of the molecule is C[N+]12CC(=O)O[B-]1(c1ccc(C=O)c(F)c1)OC(=O)C2. The largest absolute Gasteiger partial charge is 0.614 e. The molecule has 0 saturated carbocycles. The highest BCUT2D eigenvalue weighted by Gasteiger charge is 2.66. The molecule has 2 aliphatic heterocycles. The van der Waals surface area contributed by atoms with Crippen molar-refractivity contribution in [2.24, 2.45) is 0 Å². The minimum Gasteiger partial charge on any atom is -0.596 e. The summed E-state index contributed by atoms with van der Waals surface area (Å²) in [5.74, 6) is -1.74. The van der Waals surface area contributed by atoms with Crippen molar-refractivity contribution < 1.29 is 32.5 Å². The minimum atomic E-state index is -2.45. The van der Waals surface area contributed by atoms with Gasteiger partial charge in [0.05, 0.1) is 0 Å². The Morgan fingerprint density at radius 2 is 1.85 bits per heavy atom. The molecule has 2 fully saturated rings. The number of likely N-dealkylation sites (N-methyl/N-ethyl adjacent to an activating group) is 1. The summed E-state index contributed by atoms with van der Waals surface area (Å²) in [5.41, 5.74) is 0.149. The molecule has 2 heterocycles. The van der Waals surface area contributed by atoms with Crippen molar-refractivity contribution in [3.8, 4) is 0 Å². The second-order valence-electron chi connectivity index (χ2n) is 5.35. The van der Waals surface area contributed by atoms with Gasteiger partial charge in [-0.2, -0.15) is 0 Å². The zero-order chi connectivity index (χ0) is 14.5. The van der Waals surface area contributed by atoms with Crippen LogP contribution < -0.4 is 5.46 Å². The van der Waals surface area contributed by atoms with Gasteiger partial charge in [0.2, 0.25) is 0 Å². The molecule has 0 aliphatic carbocycles. The minimum absolute atomic E-state index is 0.0111. The standard InChI is InChI=1S/C12H11BFNO5/c1-15-5-11(17)19-13(15,20-12(18)6-15)9-3-2-8(7-16)10(14)4-9/h2-4,7H,5-6H2,1H3. The number of aldehydes is 1. The van der Waals surface area contributed by atoms with E-state index in [4.69, 9.17) is 9.31 Å². The molecule has 6 nitrogen and oxygen atoms in total. The number of halogens is 1. The molecule has 0 aromatic heterocycles. The fraction of sp³-hybridized carbons (Fsp3) is 0.250. The van der Waals surface area contributed by atoms with Crippen LogP contribution in [0.3, 0.4) is 0 Å². The monoisotopic (exact) mass is 279 g/mol. The number of hydrogen-bond acceptors (Lipinski definition) is 5. The lowest BCUT2D eigenvalue weighted by Crippen LogP contribution is -2.67. The maximum absolute atomic E-state index is 13.8. The fourth-order valence-corrected chi connectivity index (χ4v) is 2.96. The lowest BCUT2D eigenvalue weighted by atomic mass is 9.61. The van der Waals surface area contributed by atoms with Gasteiger partial charge >= 0.3 is 18.6 Å². The molecule has 2 saturated heterocycles. The van der Waals surface area contributed by atoms with Crippen LogP contribution >= 0.6 is 0 Å². The maximum Gasteiger partial charge on any atom is 0.614 e. The molecular weight excluding hydrogens is 268 g/mol. The molecule has 3 rings (SSSR count). The molecule has 0 radical (unpaired) electrons. The van der Waals surface area contributed by atoms with E-state index in [1.165, 1.54) is 12.1 Å². The van der Waals surface area contributed by atoms with E-state index in [0.29, 0.717) is 6.29 Å². The molecule has 1 aromatic carbocycles. The first kappa shape index (κ1) is 12.8. The van der Waals surface area contributed by atoms with Crippen molar-refractivity contribution in [2.45, 2.75) is 0 Å². The van der Waals surface area contributed by atoms with E-state index in [1.807, 2.05) is 0 Å². The first-order chi connectivity index (χ1) is 9.40. The second-order valence-corrected chi connectivity index (χ2v) is 5.35. The normalized spacial score (nSPS) is 31.7. The molecule has 0 unspecified atom stereocenters. The highest BCUT2D eigenvalue weighted by atomic mass is 19.1. The number of rotatable bonds is 2. The third-order valence-electron chi connectivity index (χ3n) is 3.96. The number of nitrogens with zero attached hydrogens (tertiary/aromatic N) is 1. The number of benzene rings is 1. The zero-order valence-corrected chi connectivity index (χ0v) is 10.7. The Balaban J connectivity index is 2.15. The van der Waals surface area contributed by atoms with Crippen molar-refractivity contribution in [1.29, 1.82) is 0 Å². The van der Waals surface area contributed by atoms with Crippen molar-refractivity contribution >= 4 is 30.4 Å². The van der Waals surface area contributed by atoms with Gasteiger partial charge in [0.15, 0.2) is 6.29 Å². The molecule has 104 valence electrons. The first-order valence-corrected chi connectivity index (χ1v) is 6.07. The van der Waals surface area contributed by atoms with Crippen LogP contribution in [0.15, 0.2) is 18.2 Å². The Kier molecular flexibility index (Phi) is 2.49. The van der Waals surface area contributed by atoms with E-state index in [-0.39, 0.29) is 28.5 Å². The number of carbonyl (C=O) groups excluding carboxylic acids is 3. The maximum atomic E-state index is 13.8. The zero-order valence-electron chi connectivity index (χ0n) is 10.7. The van der Waals surface area contributed by atoms with Crippen LogP contribution in [0.2, 0.25) is 0 Å². The Bertz CT molecular complexity index is 627. The summed E-state index contributed by atoms with van der Waals surface area (Å²) in [6.45, 7) is -2.47. The van der Waals surface area contributed by atoms with Crippen molar-refractivity contribution in [2.75, 3.05) is 20.1 Å². The lowest BCUT2D eigenvalue weighted by molar-refractivity contribution is -0.791. The van der Waals surface area contributed by atoms with E-state index in [0.717, 1.165) is 6.07 Å². The van der Waals surface area contributed by atoms with Crippen LogP contribution in [0.25, 0.3) is 0 Å². The van der Waals surface area contributed by atoms with Gasteiger partial charge in [-0.25, -0.2) is 4.39 Å². The van der Waals surface area contributed by atoms with Crippen molar-refractivity contribution in [1.82, 2.24) is 0 Å². The highest BCUT2D eigenvalue weighted by Crippen LogP contribution is 2.33. The summed E-state index contributed by atoms with van der Waals surface area (Å²) in [7, 11) is 1.65. The fourth-order valence-electron chi connectivity index (χ4n) is 2.96. The molecule has 0 atom stereocenters. The molecule has 2 aliphatic rings. The predicted octanol–water partition coefficient (Wildman–Crippen LogP) is -0.656. The van der Waals surface area contributed by atoms with Crippen LogP contribution in [0.1, 0.15) is 10.4 Å². The van der Waals surface area contributed by atoms with Crippen molar-refractivity contribution in [3.05, 3.63) is 29.6 Å². The van der Waals surface area contributed by atoms with Gasteiger partial charge in [0.25, 0.3) is 0 Å². The Hall–Kier alpha value is -2.22. The second kappa shape index (κ2) is 3.89. The molecule has 0 bridgehead atoms. The van der Waals surface area contributed by atoms with Crippen LogP contribution in [-0.4, -0.2) is 49.4 Å². The lowest BCUT2D eigenvalue weighted by Gasteiger charge is -2.39. The van der Waals surface area contributed by atoms with E-state index in [2.05, 4.69) is 0 Å². The van der Waals surface area contributed by atoms with Crippen LogP contribution in [0.5, 0.6) is 0 Å². The summed E-state index contributed by atoms with van der Waals surface area (Å²) in [4.78, 5) is 33.8. The van der Waals surface area contributed by atoms with Crippen LogP contribution in [-0.2, 0) is 18.9 Å². The third-order valence-corrected chi connectivity index (χ3v) is 3.96. The predicted molar refractivity (Wildman–Crippen MR) is 65.3 cm³/mol. The summed E-state index contributed by atoms with van der Waals surface area (Å²) >= 11 is 0. The average molecular weight is 279 g/mol. The van der Waals surface area contributed by atoms with Gasteiger partial charge in [0.1, 0.15) is 18.9 Å². The van der Waals surface area contributed by atoms with Crippen LogP contribution in [0, 0.1) is 5.82 Å². The van der Waals surface area contributed by atoms with E-state index < -0.39 is 24.4 Å². The van der Waals surface area contributed by atoms with Gasteiger partial charge in [-0.3, -0.25) is 14.4 Å². The summed E-state index contributed by atoms with van der Waals surface area (Å²) in [6, 6.07) is 3.80. The van der Waals surface area contributed by atoms with Gasteiger partial charge in [-0.15, -0.1) is 0 Å². The quantitative estimate of drug-likeness (QED) is 0.531. The Labute approximate surface area is 113 Å². The molecule has 0 amide bonds. The van der Waals surface area contributed by atoms with E-state index in [1.54, 1.807) is 7.05 Å². The highest BCUT2D eigenvalue weighted by molar-refractivity contribution is 6.79. The van der Waals surface area contributed by atoms with Crippen LogP contribution in [0.4, 0.5) is 4.39 Å². The van der Waals surface area contributed by atoms with Gasteiger partial charge < -0.3 is 13.7 Å². The topological polar surface area (TPSA) is 69.7 Å². The number of quaternary nitrogens is 1. The summed E-state index contributed by atoms with van der Waals surface area (Å²) in [5, 5.41) is 0. The Morgan fingerprint density at radius 1 is 1.25 bits per heavy atom. The smallest absolute Gasteiger partial charge is 0.596 e. The van der Waals surface area contributed by atoms with Crippen molar-refractivity contribution in [3.63, 3.8) is 0 Å².